The fraction of sp³-hybridized carbons (Fsp3) is 0.562. The number of hydrogen-bond acceptors (Lipinski definition) is 6. The molecule has 4 rings (SSSR count). The zero-order valence-electron chi connectivity index (χ0n) is 13.0. The van der Waals surface area contributed by atoms with Crippen LogP contribution >= 0.6 is 11.3 Å². The van der Waals surface area contributed by atoms with Crippen LogP contribution in [0.4, 0.5) is 0 Å². The summed E-state index contributed by atoms with van der Waals surface area (Å²) in [7, 11) is 0. The van der Waals surface area contributed by atoms with Crippen LogP contribution in [-0.4, -0.2) is 39.6 Å². The molecule has 1 atom stereocenters. The molecule has 2 fully saturated rings. The average molecular weight is 333 g/mol. The van der Waals surface area contributed by atoms with Crippen LogP contribution < -0.4 is 0 Å². The largest absolute Gasteiger partial charge is 0.362 e. The van der Waals surface area contributed by atoms with Gasteiger partial charge in [-0.2, -0.15) is 16.3 Å². The van der Waals surface area contributed by atoms with Gasteiger partial charge in [0, 0.05) is 18.5 Å². The van der Waals surface area contributed by atoms with Crippen LogP contribution in [-0.2, 0) is 4.74 Å². The van der Waals surface area contributed by atoms with Crippen LogP contribution in [0.2, 0.25) is 0 Å². The Morgan fingerprint density at radius 3 is 2.87 bits per heavy atom. The van der Waals surface area contributed by atoms with Crippen molar-refractivity contribution in [3.8, 4) is 0 Å². The lowest BCUT2D eigenvalue weighted by Crippen LogP contribution is -2.46. The fourth-order valence-electron chi connectivity index (χ4n) is 3.49. The van der Waals surface area contributed by atoms with E-state index in [0.29, 0.717) is 11.7 Å². The van der Waals surface area contributed by atoms with E-state index in [4.69, 9.17) is 9.26 Å². The molecule has 1 amide bonds. The lowest BCUT2D eigenvalue weighted by atomic mass is 9.88. The maximum atomic E-state index is 12.4. The first-order chi connectivity index (χ1) is 11.2. The maximum Gasteiger partial charge on any atom is 0.255 e. The third-order valence-electron chi connectivity index (χ3n) is 4.80. The molecule has 0 N–H and O–H groups in total. The van der Waals surface area contributed by atoms with Gasteiger partial charge in [-0.3, -0.25) is 4.79 Å². The molecule has 23 heavy (non-hydrogen) atoms. The van der Waals surface area contributed by atoms with Crippen LogP contribution in [0, 0.1) is 6.92 Å². The van der Waals surface area contributed by atoms with Crippen LogP contribution in [0.3, 0.4) is 0 Å². The summed E-state index contributed by atoms with van der Waals surface area (Å²) in [5.74, 6) is 1.35. The quantitative estimate of drug-likeness (QED) is 0.845. The molecule has 122 valence electrons. The Morgan fingerprint density at radius 1 is 1.39 bits per heavy atom. The van der Waals surface area contributed by atoms with E-state index >= 15 is 0 Å². The van der Waals surface area contributed by atoms with Gasteiger partial charge >= 0.3 is 0 Å². The Hall–Kier alpha value is -1.73. The SMILES string of the molecule is Cc1noc([C@@H]2CCC3(CCN(C(=O)c4ccsc4)CC3)O2)n1. The minimum atomic E-state index is -0.140. The minimum Gasteiger partial charge on any atom is -0.362 e. The molecule has 6 nitrogen and oxygen atoms in total. The van der Waals surface area contributed by atoms with E-state index in [1.54, 1.807) is 11.3 Å². The third-order valence-corrected chi connectivity index (χ3v) is 5.49. The zero-order chi connectivity index (χ0) is 15.9. The van der Waals surface area contributed by atoms with Crippen LogP contribution in [0.15, 0.2) is 21.3 Å². The Labute approximate surface area is 138 Å². The zero-order valence-corrected chi connectivity index (χ0v) is 13.8. The van der Waals surface area contributed by atoms with Crippen molar-refractivity contribution < 1.29 is 14.1 Å². The first-order valence-electron chi connectivity index (χ1n) is 7.95. The van der Waals surface area contributed by atoms with Crippen LogP contribution in [0.25, 0.3) is 0 Å². The number of amides is 1. The molecule has 1 spiro atoms. The van der Waals surface area contributed by atoms with Gasteiger partial charge in [0.1, 0.15) is 6.10 Å². The number of rotatable bonds is 2. The van der Waals surface area contributed by atoms with Gasteiger partial charge in [0.25, 0.3) is 11.8 Å². The molecule has 0 aliphatic carbocycles. The summed E-state index contributed by atoms with van der Waals surface area (Å²) in [6.07, 6.45) is 3.52. The Balaban J connectivity index is 1.39. The number of aromatic nitrogens is 2. The molecule has 0 aromatic carbocycles. The third kappa shape index (κ3) is 2.79. The fourth-order valence-corrected chi connectivity index (χ4v) is 4.12. The molecule has 2 aromatic heterocycles. The van der Waals surface area contributed by atoms with Gasteiger partial charge in [-0.1, -0.05) is 5.16 Å². The van der Waals surface area contributed by atoms with Crippen molar-refractivity contribution >= 4 is 17.2 Å². The number of carbonyl (C=O) groups excluding carboxylic acids is 1. The van der Waals surface area contributed by atoms with E-state index < -0.39 is 0 Å². The van der Waals surface area contributed by atoms with Gasteiger partial charge in [-0.25, -0.2) is 0 Å². The summed E-state index contributed by atoms with van der Waals surface area (Å²) in [6, 6.07) is 1.89. The van der Waals surface area contributed by atoms with Gasteiger partial charge in [0.2, 0.25) is 0 Å². The number of hydrogen-bond donors (Lipinski definition) is 0. The lowest BCUT2D eigenvalue weighted by molar-refractivity contribution is -0.0820. The highest BCUT2D eigenvalue weighted by atomic mass is 32.1. The molecule has 4 heterocycles. The summed E-state index contributed by atoms with van der Waals surface area (Å²) in [6.45, 7) is 3.29. The minimum absolute atomic E-state index is 0.102. The highest BCUT2D eigenvalue weighted by molar-refractivity contribution is 7.08. The molecule has 0 radical (unpaired) electrons. The Bertz CT molecular complexity index is 689. The number of likely N-dealkylation sites (tertiary alicyclic amines) is 1. The summed E-state index contributed by atoms with van der Waals surface area (Å²) < 4.78 is 11.5. The smallest absolute Gasteiger partial charge is 0.255 e. The van der Waals surface area contributed by atoms with Crippen molar-refractivity contribution in [2.45, 2.75) is 44.3 Å². The van der Waals surface area contributed by atoms with E-state index in [2.05, 4.69) is 10.1 Å². The van der Waals surface area contributed by atoms with Crippen LogP contribution in [0.1, 0.15) is 53.9 Å². The molecule has 2 aromatic rings. The maximum absolute atomic E-state index is 12.4. The number of piperidine rings is 1. The van der Waals surface area contributed by atoms with Gasteiger partial charge < -0.3 is 14.2 Å². The molecular weight excluding hydrogens is 314 g/mol. The first-order valence-corrected chi connectivity index (χ1v) is 8.89. The number of aryl methyl sites for hydroxylation is 1. The molecular formula is C16H19N3O3S. The van der Waals surface area contributed by atoms with E-state index in [1.165, 1.54) is 0 Å². The van der Waals surface area contributed by atoms with Crippen molar-refractivity contribution in [2.75, 3.05) is 13.1 Å². The van der Waals surface area contributed by atoms with Crippen molar-refractivity contribution in [3.63, 3.8) is 0 Å². The predicted octanol–water partition coefficient (Wildman–Crippen LogP) is 2.97. The standard InChI is InChI=1S/C16H19N3O3S/c1-11-17-14(22-18-11)13-2-4-16(21-13)5-7-19(8-6-16)15(20)12-3-9-23-10-12/h3,9-10,13H,2,4-8H2,1H3/t13-/m0/s1. The summed E-state index contributed by atoms with van der Waals surface area (Å²) in [4.78, 5) is 18.6. The van der Waals surface area contributed by atoms with Crippen LogP contribution in [0.5, 0.6) is 0 Å². The van der Waals surface area contributed by atoms with E-state index in [-0.39, 0.29) is 17.6 Å². The molecule has 2 saturated heterocycles. The molecule has 0 unspecified atom stereocenters. The van der Waals surface area contributed by atoms with Gasteiger partial charge in [-0.05, 0) is 44.1 Å². The molecule has 7 heteroatoms. The number of thiophene rings is 1. The molecule has 0 saturated carbocycles. The molecule has 2 aliphatic rings. The number of carbonyl (C=O) groups is 1. The van der Waals surface area contributed by atoms with Crippen molar-refractivity contribution in [1.82, 2.24) is 15.0 Å². The second-order valence-corrected chi connectivity index (χ2v) is 7.09. The highest BCUT2D eigenvalue weighted by Gasteiger charge is 2.45. The molecule has 0 bridgehead atoms. The first kappa shape index (κ1) is 14.8. The number of nitrogens with zero attached hydrogens (tertiary/aromatic N) is 3. The second-order valence-electron chi connectivity index (χ2n) is 6.31. The Kier molecular flexibility index (Phi) is 3.69. The lowest BCUT2D eigenvalue weighted by Gasteiger charge is -2.38. The molecule has 2 aliphatic heterocycles. The summed E-state index contributed by atoms with van der Waals surface area (Å²) in [5.41, 5.74) is 0.649. The summed E-state index contributed by atoms with van der Waals surface area (Å²) >= 11 is 1.56. The monoisotopic (exact) mass is 333 g/mol. The summed E-state index contributed by atoms with van der Waals surface area (Å²) in [5, 5.41) is 7.69. The van der Waals surface area contributed by atoms with E-state index in [0.717, 1.165) is 44.3 Å². The number of ether oxygens (including phenoxy) is 1. The predicted molar refractivity (Wildman–Crippen MR) is 84.3 cm³/mol. The van der Waals surface area contributed by atoms with Gasteiger partial charge in [0.15, 0.2) is 5.82 Å². The second kappa shape index (κ2) is 5.72. The Morgan fingerprint density at radius 2 is 2.22 bits per heavy atom. The van der Waals surface area contributed by atoms with E-state index in [1.807, 2.05) is 28.7 Å². The van der Waals surface area contributed by atoms with Gasteiger partial charge in [0.05, 0.1) is 11.2 Å². The van der Waals surface area contributed by atoms with Crippen molar-refractivity contribution in [2.24, 2.45) is 0 Å². The normalized spacial score (nSPS) is 23.5. The topological polar surface area (TPSA) is 68.5 Å². The highest BCUT2D eigenvalue weighted by Crippen LogP contribution is 2.44. The van der Waals surface area contributed by atoms with Gasteiger partial charge in [-0.15, -0.1) is 0 Å². The van der Waals surface area contributed by atoms with Crippen molar-refractivity contribution in [3.05, 3.63) is 34.1 Å². The van der Waals surface area contributed by atoms with E-state index in [9.17, 15) is 4.79 Å². The average Bonchev–Trinajstić information content (AvgIpc) is 3.28. The van der Waals surface area contributed by atoms with Crippen molar-refractivity contribution in [1.29, 1.82) is 0 Å².